The maximum atomic E-state index is 12.9. The molecule has 6 nitrogen and oxygen atoms in total. The number of benzene rings is 2. The smallest absolute Gasteiger partial charge is 0.242 e. The minimum absolute atomic E-state index is 0.000395. The quantitative estimate of drug-likeness (QED) is 0.624. The molecule has 1 aliphatic heterocycles. The summed E-state index contributed by atoms with van der Waals surface area (Å²) in [4.78, 5) is 31.7. The summed E-state index contributed by atoms with van der Waals surface area (Å²) in [5, 5.41) is 3.24. The van der Waals surface area contributed by atoms with Gasteiger partial charge in [-0.15, -0.1) is 6.58 Å². The Labute approximate surface area is 185 Å². The molecule has 8 heteroatoms. The number of amidine groups is 1. The molecule has 1 N–H and O–H groups in total. The average molecular weight is 444 g/mol. The molecule has 2 aromatic rings. The Kier molecular flexibility index (Phi) is 7.18. The molecule has 0 spiro atoms. The van der Waals surface area contributed by atoms with E-state index in [-0.39, 0.29) is 18.2 Å². The van der Waals surface area contributed by atoms with Gasteiger partial charge in [-0.2, -0.15) is 0 Å². The van der Waals surface area contributed by atoms with Crippen molar-refractivity contribution in [1.29, 1.82) is 0 Å². The van der Waals surface area contributed by atoms with Crippen LogP contribution in [0.2, 0.25) is 5.02 Å². The van der Waals surface area contributed by atoms with E-state index in [0.717, 1.165) is 11.3 Å². The summed E-state index contributed by atoms with van der Waals surface area (Å²) in [6, 6.07) is 12.6. The van der Waals surface area contributed by atoms with Gasteiger partial charge in [0.05, 0.1) is 18.5 Å². The Morgan fingerprint density at radius 1 is 1.37 bits per heavy atom. The normalized spacial score (nSPS) is 17.3. The monoisotopic (exact) mass is 443 g/mol. The molecule has 1 heterocycles. The van der Waals surface area contributed by atoms with E-state index in [4.69, 9.17) is 16.3 Å². The molecule has 156 valence electrons. The molecule has 1 atom stereocenters. The second-order valence-corrected chi connectivity index (χ2v) is 8.23. The van der Waals surface area contributed by atoms with Crippen molar-refractivity contribution in [2.24, 2.45) is 4.99 Å². The Balaban J connectivity index is 1.77. The lowest BCUT2D eigenvalue weighted by Gasteiger charge is -2.14. The molecule has 0 saturated carbocycles. The number of aryl methyl sites for hydroxylation is 1. The summed E-state index contributed by atoms with van der Waals surface area (Å²) in [6.07, 6.45) is 1.64. The molecule has 30 heavy (non-hydrogen) atoms. The van der Waals surface area contributed by atoms with E-state index in [1.165, 1.54) is 18.9 Å². The van der Waals surface area contributed by atoms with Crippen molar-refractivity contribution in [2.75, 3.05) is 19.0 Å². The lowest BCUT2D eigenvalue weighted by Crippen LogP contribution is -2.33. The summed E-state index contributed by atoms with van der Waals surface area (Å²) in [5.74, 6) is 0.0193. The van der Waals surface area contributed by atoms with Gasteiger partial charge >= 0.3 is 0 Å². The zero-order chi connectivity index (χ0) is 21.7. The van der Waals surface area contributed by atoms with Crippen LogP contribution < -0.4 is 10.1 Å². The number of hydrogen-bond donors (Lipinski definition) is 1. The van der Waals surface area contributed by atoms with Crippen LogP contribution in [0, 0.1) is 6.92 Å². The Morgan fingerprint density at radius 3 is 2.83 bits per heavy atom. The third kappa shape index (κ3) is 5.04. The van der Waals surface area contributed by atoms with Gasteiger partial charge in [0.25, 0.3) is 0 Å². The molecule has 0 bridgehead atoms. The second-order valence-electron chi connectivity index (χ2n) is 6.62. The number of amides is 2. The molecule has 1 unspecified atom stereocenters. The van der Waals surface area contributed by atoms with Crippen molar-refractivity contribution in [2.45, 2.75) is 18.6 Å². The van der Waals surface area contributed by atoms with Crippen molar-refractivity contribution < 1.29 is 14.3 Å². The molecule has 0 radical (unpaired) electrons. The van der Waals surface area contributed by atoms with Crippen LogP contribution in [0.3, 0.4) is 0 Å². The third-order valence-electron chi connectivity index (χ3n) is 4.47. The van der Waals surface area contributed by atoms with E-state index in [9.17, 15) is 9.59 Å². The van der Waals surface area contributed by atoms with Crippen LogP contribution in [-0.2, 0) is 9.59 Å². The van der Waals surface area contributed by atoms with Gasteiger partial charge in [-0.25, -0.2) is 4.99 Å². The molecule has 1 fully saturated rings. The lowest BCUT2D eigenvalue weighted by molar-refractivity contribution is -0.127. The van der Waals surface area contributed by atoms with Crippen LogP contribution >= 0.6 is 23.4 Å². The number of methoxy groups -OCH3 is 1. The van der Waals surface area contributed by atoms with Gasteiger partial charge in [0.1, 0.15) is 11.0 Å². The van der Waals surface area contributed by atoms with E-state index in [1.807, 2.05) is 31.2 Å². The van der Waals surface area contributed by atoms with Gasteiger partial charge < -0.3 is 10.1 Å². The van der Waals surface area contributed by atoms with Gasteiger partial charge in [0.2, 0.25) is 11.8 Å². The summed E-state index contributed by atoms with van der Waals surface area (Å²) >= 11 is 7.30. The predicted octanol–water partition coefficient (Wildman–Crippen LogP) is 4.80. The number of halogens is 1. The SMILES string of the molecule is C=CCN1C(=O)C(CC(=O)Nc2cc(Cl)ccc2OC)SC1=Nc1ccccc1C. The highest BCUT2D eigenvalue weighted by atomic mass is 35.5. The number of para-hydroxylation sites is 1. The number of carbonyl (C=O) groups is 2. The number of thioether (sulfide) groups is 1. The number of anilines is 1. The highest BCUT2D eigenvalue weighted by Crippen LogP contribution is 2.33. The molecule has 0 aliphatic carbocycles. The van der Waals surface area contributed by atoms with E-state index in [2.05, 4.69) is 16.9 Å². The largest absolute Gasteiger partial charge is 0.495 e. The molecule has 2 amide bonds. The van der Waals surface area contributed by atoms with Crippen molar-refractivity contribution in [1.82, 2.24) is 4.90 Å². The van der Waals surface area contributed by atoms with Crippen LogP contribution in [0.15, 0.2) is 60.1 Å². The predicted molar refractivity (Wildman–Crippen MR) is 123 cm³/mol. The molecule has 1 saturated heterocycles. The number of carbonyl (C=O) groups excluding carboxylic acids is 2. The maximum Gasteiger partial charge on any atom is 0.242 e. The molecule has 0 aromatic heterocycles. The van der Waals surface area contributed by atoms with Crippen molar-refractivity contribution in [3.05, 3.63) is 65.7 Å². The molecule has 1 aliphatic rings. The first-order valence-corrected chi connectivity index (χ1v) is 10.6. The zero-order valence-corrected chi connectivity index (χ0v) is 18.3. The van der Waals surface area contributed by atoms with Crippen LogP contribution in [0.1, 0.15) is 12.0 Å². The highest BCUT2D eigenvalue weighted by molar-refractivity contribution is 8.15. The van der Waals surface area contributed by atoms with E-state index >= 15 is 0 Å². The molecule has 3 rings (SSSR count). The fraction of sp³-hybridized carbons (Fsp3) is 0.227. The van der Waals surface area contributed by atoms with E-state index in [0.29, 0.717) is 28.2 Å². The summed E-state index contributed by atoms with van der Waals surface area (Å²) in [7, 11) is 1.51. The lowest BCUT2D eigenvalue weighted by atomic mass is 10.2. The van der Waals surface area contributed by atoms with Crippen LogP contribution in [0.25, 0.3) is 0 Å². The van der Waals surface area contributed by atoms with Gasteiger partial charge in [-0.3, -0.25) is 14.5 Å². The number of nitrogens with one attached hydrogen (secondary N) is 1. The minimum atomic E-state index is -0.571. The molecular formula is C22H22ClN3O3S. The van der Waals surface area contributed by atoms with Crippen molar-refractivity contribution in [3.8, 4) is 5.75 Å². The first-order chi connectivity index (χ1) is 14.4. The van der Waals surface area contributed by atoms with Crippen LogP contribution in [0.5, 0.6) is 5.75 Å². The Hall–Kier alpha value is -2.77. The Bertz CT molecular complexity index is 1010. The van der Waals surface area contributed by atoms with Crippen molar-refractivity contribution in [3.63, 3.8) is 0 Å². The first-order valence-electron chi connectivity index (χ1n) is 9.29. The Morgan fingerprint density at radius 2 is 2.13 bits per heavy atom. The highest BCUT2D eigenvalue weighted by Gasteiger charge is 2.38. The standard InChI is InChI=1S/C22H22ClN3O3S/c1-4-11-26-21(28)19(30-22(26)25-16-8-6-5-7-14(16)2)13-20(27)24-17-12-15(23)9-10-18(17)29-3/h4-10,12,19H,1,11,13H2,2-3H3,(H,24,27). The molecule has 2 aromatic carbocycles. The summed E-state index contributed by atoms with van der Waals surface area (Å²) in [6.45, 7) is 6.01. The summed E-state index contributed by atoms with van der Waals surface area (Å²) in [5.41, 5.74) is 2.25. The maximum absolute atomic E-state index is 12.9. The fourth-order valence-electron chi connectivity index (χ4n) is 2.96. The van der Waals surface area contributed by atoms with E-state index < -0.39 is 5.25 Å². The average Bonchev–Trinajstić information content (AvgIpc) is 2.99. The van der Waals surface area contributed by atoms with Gasteiger partial charge in [-0.05, 0) is 36.8 Å². The number of nitrogens with zero attached hydrogens (tertiary/aromatic N) is 2. The van der Waals surface area contributed by atoms with Gasteiger partial charge in [0, 0.05) is 18.0 Å². The van der Waals surface area contributed by atoms with Gasteiger partial charge in [-0.1, -0.05) is 47.6 Å². The third-order valence-corrected chi connectivity index (χ3v) is 5.88. The van der Waals surface area contributed by atoms with Crippen molar-refractivity contribution >= 4 is 51.7 Å². The van der Waals surface area contributed by atoms with Crippen LogP contribution in [-0.4, -0.2) is 40.8 Å². The number of ether oxygens (including phenoxy) is 1. The molecular weight excluding hydrogens is 422 g/mol. The topological polar surface area (TPSA) is 71.0 Å². The fourth-order valence-corrected chi connectivity index (χ4v) is 4.29. The van der Waals surface area contributed by atoms with Crippen LogP contribution in [0.4, 0.5) is 11.4 Å². The van der Waals surface area contributed by atoms with E-state index in [1.54, 1.807) is 29.2 Å². The minimum Gasteiger partial charge on any atom is -0.495 e. The second kappa shape index (κ2) is 9.82. The summed E-state index contributed by atoms with van der Waals surface area (Å²) < 4.78 is 5.25. The number of rotatable bonds is 7. The number of aliphatic imine (C=N–C) groups is 1. The number of hydrogen-bond acceptors (Lipinski definition) is 5. The zero-order valence-electron chi connectivity index (χ0n) is 16.7. The van der Waals surface area contributed by atoms with Gasteiger partial charge in [0.15, 0.2) is 5.17 Å². The first kappa shape index (κ1) is 21.9.